The molecule has 4 rings (SSSR count). The zero-order valence-electron chi connectivity index (χ0n) is 16.4. The minimum Gasteiger partial charge on any atom is -0.324 e. The molecule has 12 heteroatoms. The second kappa shape index (κ2) is 8.36. The maximum absolute atomic E-state index is 14.6. The second-order valence-corrected chi connectivity index (χ2v) is 7.05. The van der Waals surface area contributed by atoms with Gasteiger partial charge in [0.2, 0.25) is 11.8 Å². The number of rotatable bonds is 5. The van der Waals surface area contributed by atoms with Crippen molar-refractivity contribution in [2.24, 2.45) is 0 Å². The molecule has 4 heterocycles. The maximum Gasteiger partial charge on any atom is 0.433 e. The number of carbonyl (C=O) groups is 2. The number of alkyl halides is 3. The van der Waals surface area contributed by atoms with Crippen molar-refractivity contribution in [3.8, 4) is 5.82 Å². The van der Waals surface area contributed by atoms with Gasteiger partial charge in [0.15, 0.2) is 17.5 Å². The van der Waals surface area contributed by atoms with Crippen molar-refractivity contribution in [1.82, 2.24) is 19.5 Å². The standard InChI is InChI=1S/C20H16F4N6O2/c21-14-7-13(28-17(31)8-12-3-1-4-15(27-12)20(22,23)24)9-25-19(14)29-10-16(26-11-29)30-6-2-5-18(30)32/h1,3-4,7,9-11H,2,5-6,8H2,(H,28,31). The lowest BCUT2D eigenvalue weighted by Crippen LogP contribution is -2.23. The number of halogens is 4. The second-order valence-electron chi connectivity index (χ2n) is 7.05. The highest BCUT2D eigenvalue weighted by Crippen LogP contribution is 2.27. The molecule has 0 aliphatic carbocycles. The number of nitrogens with zero attached hydrogens (tertiary/aromatic N) is 5. The van der Waals surface area contributed by atoms with E-state index in [4.69, 9.17) is 0 Å². The zero-order valence-corrected chi connectivity index (χ0v) is 16.4. The van der Waals surface area contributed by atoms with E-state index in [-0.39, 0.29) is 23.1 Å². The molecule has 0 unspecified atom stereocenters. The average molecular weight is 448 g/mol. The Kier molecular flexibility index (Phi) is 5.59. The largest absolute Gasteiger partial charge is 0.433 e. The van der Waals surface area contributed by atoms with Crippen molar-refractivity contribution in [3.63, 3.8) is 0 Å². The van der Waals surface area contributed by atoms with E-state index in [2.05, 4.69) is 20.3 Å². The van der Waals surface area contributed by atoms with Crippen LogP contribution in [0.2, 0.25) is 0 Å². The summed E-state index contributed by atoms with van der Waals surface area (Å²) in [5, 5.41) is 2.38. The molecule has 0 radical (unpaired) electrons. The molecule has 1 aliphatic heterocycles. The Morgan fingerprint density at radius 1 is 1.22 bits per heavy atom. The molecule has 166 valence electrons. The highest BCUT2D eigenvalue weighted by atomic mass is 19.4. The third-order valence-electron chi connectivity index (χ3n) is 4.71. The van der Waals surface area contributed by atoms with Gasteiger partial charge >= 0.3 is 6.18 Å². The lowest BCUT2D eigenvalue weighted by atomic mass is 10.2. The molecule has 32 heavy (non-hydrogen) atoms. The predicted molar refractivity (Wildman–Crippen MR) is 104 cm³/mol. The first-order chi connectivity index (χ1) is 15.2. The van der Waals surface area contributed by atoms with E-state index in [1.165, 1.54) is 34.3 Å². The first-order valence-electron chi connectivity index (χ1n) is 9.54. The summed E-state index contributed by atoms with van der Waals surface area (Å²) in [5.41, 5.74) is -1.15. The van der Waals surface area contributed by atoms with Gasteiger partial charge in [-0.05, 0) is 18.6 Å². The van der Waals surface area contributed by atoms with E-state index in [0.29, 0.717) is 18.8 Å². The molecule has 8 nitrogen and oxygen atoms in total. The molecule has 0 aromatic carbocycles. The van der Waals surface area contributed by atoms with Gasteiger partial charge in [0.25, 0.3) is 0 Å². The van der Waals surface area contributed by atoms with Gasteiger partial charge < -0.3 is 5.32 Å². The molecule has 0 spiro atoms. The Morgan fingerprint density at radius 2 is 2.03 bits per heavy atom. The summed E-state index contributed by atoms with van der Waals surface area (Å²) in [4.78, 5) is 37.0. The summed E-state index contributed by atoms with van der Waals surface area (Å²) in [7, 11) is 0. The van der Waals surface area contributed by atoms with Crippen LogP contribution in [-0.2, 0) is 22.2 Å². The molecule has 1 aliphatic rings. The Labute approximate surface area is 178 Å². The minimum absolute atomic E-state index is 0.0262. The van der Waals surface area contributed by atoms with Crippen LogP contribution in [-0.4, -0.2) is 37.9 Å². The van der Waals surface area contributed by atoms with Gasteiger partial charge in [-0.3, -0.25) is 19.1 Å². The lowest BCUT2D eigenvalue weighted by Gasteiger charge is -2.11. The highest BCUT2D eigenvalue weighted by Gasteiger charge is 2.32. The maximum atomic E-state index is 14.6. The third kappa shape index (κ3) is 4.58. The highest BCUT2D eigenvalue weighted by molar-refractivity contribution is 5.94. The Balaban J connectivity index is 1.44. The Bertz CT molecular complexity index is 1180. The van der Waals surface area contributed by atoms with E-state index >= 15 is 0 Å². The summed E-state index contributed by atoms with van der Waals surface area (Å²) in [6.45, 7) is 0.539. The molecular weight excluding hydrogens is 432 g/mol. The van der Waals surface area contributed by atoms with Crippen molar-refractivity contribution < 1.29 is 27.2 Å². The Morgan fingerprint density at radius 3 is 2.72 bits per heavy atom. The van der Waals surface area contributed by atoms with Crippen molar-refractivity contribution in [2.75, 3.05) is 16.8 Å². The van der Waals surface area contributed by atoms with Gasteiger partial charge in [0.05, 0.1) is 30.2 Å². The van der Waals surface area contributed by atoms with Crippen LogP contribution in [0.1, 0.15) is 24.2 Å². The van der Waals surface area contributed by atoms with Crippen LogP contribution in [0.5, 0.6) is 0 Å². The van der Waals surface area contributed by atoms with Crippen LogP contribution >= 0.6 is 0 Å². The van der Waals surface area contributed by atoms with Crippen LogP contribution in [0.15, 0.2) is 43.0 Å². The number of imidazole rings is 1. The molecule has 3 aromatic rings. The number of hydrogen-bond acceptors (Lipinski definition) is 5. The van der Waals surface area contributed by atoms with Crippen molar-refractivity contribution in [3.05, 3.63) is 60.2 Å². The number of carbonyl (C=O) groups excluding carboxylic acids is 2. The first kappa shape index (κ1) is 21.4. The van der Waals surface area contributed by atoms with Crippen LogP contribution in [0.25, 0.3) is 5.82 Å². The third-order valence-corrected chi connectivity index (χ3v) is 4.71. The van der Waals surface area contributed by atoms with E-state index in [1.807, 2.05) is 0 Å². The van der Waals surface area contributed by atoms with Crippen LogP contribution in [0.3, 0.4) is 0 Å². The van der Waals surface area contributed by atoms with E-state index in [9.17, 15) is 27.2 Å². The van der Waals surface area contributed by atoms with E-state index in [1.54, 1.807) is 0 Å². The fourth-order valence-electron chi connectivity index (χ4n) is 3.25. The topological polar surface area (TPSA) is 93.0 Å². The summed E-state index contributed by atoms with van der Waals surface area (Å²) >= 11 is 0. The summed E-state index contributed by atoms with van der Waals surface area (Å²) in [5.74, 6) is -1.20. The molecule has 1 saturated heterocycles. The number of aromatic nitrogens is 4. The lowest BCUT2D eigenvalue weighted by molar-refractivity contribution is -0.141. The normalized spacial score (nSPS) is 14.1. The van der Waals surface area contributed by atoms with Crippen LogP contribution in [0, 0.1) is 5.82 Å². The molecule has 0 bridgehead atoms. The molecule has 1 fully saturated rings. The van der Waals surface area contributed by atoms with Gasteiger partial charge in [0, 0.05) is 19.0 Å². The molecule has 2 amide bonds. The number of amides is 2. The SMILES string of the molecule is O=C(Cc1cccc(C(F)(F)F)n1)Nc1cnc(-n2cnc(N3CCCC3=O)c2)c(F)c1. The predicted octanol–water partition coefficient (Wildman–Crippen LogP) is 3.13. The van der Waals surface area contributed by atoms with Gasteiger partial charge in [-0.2, -0.15) is 13.2 Å². The number of nitrogens with one attached hydrogen (secondary N) is 1. The van der Waals surface area contributed by atoms with Gasteiger partial charge in [-0.15, -0.1) is 0 Å². The molecule has 3 aromatic heterocycles. The Hall–Kier alpha value is -3.83. The minimum atomic E-state index is -4.62. The molecule has 0 saturated carbocycles. The summed E-state index contributed by atoms with van der Waals surface area (Å²) in [6, 6.07) is 4.28. The van der Waals surface area contributed by atoms with Crippen LogP contribution < -0.4 is 10.2 Å². The van der Waals surface area contributed by atoms with Crippen molar-refractivity contribution in [2.45, 2.75) is 25.4 Å². The first-order valence-corrected chi connectivity index (χ1v) is 9.54. The van der Waals surface area contributed by atoms with Gasteiger partial charge in [-0.1, -0.05) is 6.07 Å². The monoisotopic (exact) mass is 448 g/mol. The van der Waals surface area contributed by atoms with Crippen LogP contribution in [0.4, 0.5) is 29.1 Å². The average Bonchev–Trinajstić information content (AvgIpc) is 3.36. The smallest absolute Gasteiger partial charge is 0.324 e. The van der Waals surface area contributed by atoms with Gasteiger partial charge in [0.1, 0.15) is 12.0 Å². The van der Waals surface area contributed by atoms with Crippen molar-refractivity contribution in [1.29, 1.82) is 0 Å². The fraction of sp³-hybridized carbons (Fsp3) is 0.250. The summed E-state index contributed by atoms with van der Waals surface area (Å²) in [6.07, 6.45) is 0.117. The van der Waals surface area contributed by atoms with Crippen molar-refractivity contribution >= 4 is 23.3 Å². The quantitative estimate of drug-likeness (QED) is 0.606. The number of anilines is 2. The summed E-state index contributed by atoms with van der Waals surface area (Å²) < 4.78 is 54.1. The van der Waals surface area contributed by atoms with E-state index < -0.39 is 30.0 Å². The van der Waals surface area contributed by atoms with Gasteiger partial charge in [-0.25, -0.2) is 19.3 Å². The van der Waals surface area contributed by atoms with E-state index in [0.717, 1.165) is 24.6 Å². The number of pyridine rings is 2. The molecule has 0 atom stereocenters. The number of hydrogen-bond donors (Lipinski definition) is 1. The molecule has 1 N–H and O–H groups in total. The fourth-order valence-corrected chi connectivity index (χ4v) is 3.25. The molecular formula is C20H16F4N6O2. The zero-order chi connectivity index (χ0) is 22.9.